The van der Waals surface area contributed by atoms with Gasteiger partial charge in [0.25, 0.3) is 0 Å². The van der Waals surface area contributed by atoms with E-state index < -0.39 is 0 Å². The molecule has 0 amide bonds. The lowest BCUT2D eigenvalue weighted by Gasteiger charge is -2.17. The van der Waals surface area contributed by atoms with Gasteiger partial charge in [0.05, 0.1) is 0 Å². The van der Waals surface area contributed by atoms with Crippen LogP contribution in [0.25, 0.3) is 0 Å². The van der Waals surface area contributed by atoms with Crippen LogP contribution in [0.2, 0.25) is 0 Å². The Balaban J connectivity index is 2.12. The molecule has 0 fully saturated rings. The van der Waals surface area contributed by atoms with Crippen LogP contribution in [0, 0.1) is 0 Å². The predicted octanol–water partition coefficient (Wildman–Crippen LogP) is 2.21. The van der Waals surface area contributed by atoms with Crippen LogP contribution in [-0.4, -0.2) is 18.8 Å². The highest BCUT2D eigenvalue weighted by molar-refractivity contribution is 5.36. The SMILES string of the molecule is CNC(CCCO)c1ccc2c(c1)CCC2. The number of aliphatic hydroxyl groups excluding tert-OH is 1. The summed E-state index contributed by atoms with van der Waals surface area (Å²) in [5.74, 6) is 0. The summed E-state index contributed by atoms with van der Waals surface area (Å²) in [4.78, 5) is 0. The second-order valence-electron chi connectivity index (χ2n) is 4.59. The predicted molar refractivity (Wildman–Crippen MR) is 66.6 cm³/mol. The summed E-state index contributed by atoms with van der Waals surface area (Å²) in [6.45, 7) is 0.281. The van der Waals surface area contributed by atoms with Gasteiger partial charge in [-0.2, -0.15) is 0 Å². The topological polar surface area (TPSA) is 32.3 Å². The molecule has 88 valence electrons. The van der Waals surface area contributed by atoms with E-state index in [1.54, 1.807) is 0 Å². The standard InChI is InChI=1S/C14H21NO/c1-15-14(6-3-9-16)13-8-7-11-4-2-5-12(11)10-13/h7-8,10,14-16H,2-6,9H2,1H3. The molecule has 0 aromatic heterocycles. The second-order valence-corrected chi connectivity index (χ2v) is 4.59. The molecule has 0 saturated heterocycles. The van der Waals surface area contributed by atoms with E-state index >= 15 is 0 Å². The Labute approximate surface area is 97.7 Å². The van der Waals surface area contributed by atoms with Crippen molar-refractivity contribution in [3.05, 3.63) is 34.9 Å². The lowest BCUT2D eigenvalue weighted by atomic mass is 9.98. The highest BCUT2D eigenvalue weighted by Gasteiger charge is 2.14. The molecular weight excluding hydrogens is 198 g/mol. The van der Waals surface area contributed by atoms with Gasteiger partial charge in [-0.25, -0.2) is 0 Å². The summed E-state index contributed by atoms with van der Waals surface area (Å²) >= 11 is 0. The molecule has 1 aliphatic rings. The maximum absolute atomic E-state index is 8.88. The zero-order valence-corrected chi connectivity index (χ0v) is 10.00. The molecule has 16 heavy (non-hydrogen) atoms. The summed E-state index contributed by atoms with van der Waals surface area (Å²) in [7, 11) is 2.00. The van der Waals surface area contributed by atoms with Crippen LogP contribution in [0.5, 0.6) is 0 Å². The minimum absolute atomic E-state index is 0.281. The number of benzene rings is 1. The fourth-order valence-electron chi connectivity index (χ4n) is 2.58. The Bertz CT molecular complexity index is 349. The maximum atomic E-state index is 8.88. The second kappa shape index (κ2) is 5.46. The molecule has 0 bridgehead atoms. The molecule has 2 N–H and O–H groups in total. The van der Waals surface area contributed by atoms with Gasteiger partial charge >= 0.3 is 0 Å². The Morgan fingerprint density at radius 3 is 2.88 bits per heavy atom. The monoisotopic (exact) mass is 219 g/mol. The highest BCUT2D eigenvalue weighted by Crippen LogP contribution is 2.26. The fraction of sp³-hybridized carbons (Fsp3) is 0.571. The first-order chi connectivity index (χ1) is 7.85. The summed E-state index contributed by atoms with van der Waals surface area (Å²) < 4.78 is 0. The Morgan fingerprint density at radius 2 is 2.12 bits per heavy atom. The van der Waals surface area contributed by atoms with Gasteiger partial charge in [0.2, 0.25) is 0 Å². The summed E-state index contributed by atoms with van der Waals surface area (Å²) in [5, 5.41) is 12.2. The molecule has 1 aliphatic carbocycles. The van der Waals surface area contributed by atoms with Gasteiger partial charge in [-0.1, -0.05) is 18.2 Å². The van der Waals surface area contributed by atoms with Crippen LogP contribution in [0.15, 0.2) is 18.2 Å². The van der Waals surface area contributed by atoms with Crippen LogP contribution < -0.4 is 5.32 Å². The van der Waals surface area contributed by atoms with Gasteiger partial charge in [-0.15, -0.1) is 0 Å². The van der Waals surface area contributed by atoms with E-state index in [1.165, 1.54) is 36.0 Å². The normalized spacial score (nSPS) is 16.1. The van der Waals surface area contributed by atoms with E-state index in [2.05, 4.69) is 23.5 Å². The third kappa shape index (κ3) is 2.45. The van der Waals surface area contributed by atoms with Crippen molar-refractivity contribution >= 4 is 0 Å². The van der Waals surface area contributed by atoms with Gasteiger partial charge in [-0.3, -0.25) is 0 Å². The molecule has 2 rings (SSSR count). The van der Waals surface area contributed by atoms with E-state index in [1.807, 2.05) is 7.05 Å². The molecule has 0 heterocycles. The molecule has 2 nitrogen and oxygen atoms in total. The molecule has 2 heteroatoms. The van der Waals surface area contributed by atoms with Crippen LogP contribution in [0.4, 0.5) is 0 Å². The Kier molecular flexibility index (Phi) is 3.97. The van der Waals surface area contributed by atoms with Gasteiger partial charge < -0.3 is 10.4 Å². The molecule has 1 atom stereocenters. The summed E-state index contributed by atoms with van der Waals surface area (Å²) in [6, 6.07) is 7.25. The van der Waals surface area contributed by atoms with Crippen LogP contribution in [-0.2, 0) is 12.8 Å². The molecule has 0 spiro atoms. The first-order valence-electron chi connectivity index (χ1n) is 6.25. The van der Waals surface area contributed by atoms with Gasteiger partial charge in [0, 0.05) is 12.6 Å². The van der Waals surface area contributed by atoms with Crippen molar-refractivity contribution in [2.75, 3.05) is 13.7 Å². The minimum atomic E-state index is 0.281. The van der Waals surface area contributed by atoms with Crippen molar-refractivity contribution in [2.45, 2.75) is 38.1 Å². The van der Waals surface area contributed by atoms with Crippen molar-refractivity contribution in [3.63, 3.8) is 0 Å². The molecule has 0 saturated carbocycles. The number of aliphatic hydroxyl groups is 1. The van der Waals surface area contributed by atoms with Crippen LogP contribution in [0.3, 0.4) is 0 Å². The molecule has 1 unspecified atom stereocenters. The molecule has 1 aromatic carbocycles. The van der Waals surface area contributed by atoms with E-state index in [0.29, 0.717) is 6.04 Å². The third-order valence-electron chi connectivity index (χ3n) is 3.52. The zero-order chi connectivity index (χ0) is 11.4. The van der Waals surface area contributed by atoms with Crippen molar-refractivity contribution in [1.82, 2.24) is 5.32 Å². The maximum Gasteiger partial charge on any atom is 0.0431 e. The van der Waals surface area contributed by atoms with Crippen molar-refractivity contribution < 1.29 is 5.11 Å². The van der Waals surface area contributed by atoms with E-state index in [4.69, 9.17) is 5.11 Å². The van der Waals surface area contributed by atoms with Gasteiger partial charge in [-0.05, 0) is 55.8 Å². The number of aryl methyl sites for hydroxylation is 2. The van der Waals surface area contributed by atoms with Crippen LogP contribution >= 0.6 is 0 Å². The highest BCUT2D eigenvalue weighted by atomic mass is 16.2. The van der Waals surface area contributed by atoms with E-state index in [9.17, 15) is 0 Å². The average Bonchev–Trinajstić information content (AvgIpc) is 2.77. The summed E-state index contributed by atoms with van der Waals surface area (Å²) in [5.41, 5.74) is 4.43. The van der Waals surface area contributed by atoms with Crippen molar-refractivity contribution in [1.29, 1.82) is 0 Å². The van der Waals surface area contributed by atoms with E-state index in [-0.39, 0.29) is 6.61 Å². The van der Waals surface area contributed by atoms with Gasteiger partial charge in [0.15, 0.2) is 0 Å². The third-order valence-corrected chi connectivity index (χ3v) is 3.52. The fourth-order valence-corrected chi connectivity index (χ4v) is 2.58. The minimum Gasteiger partial charge on any atom is -0.396 e. The Hall–Kier alpha value is -0.860. The quantitative estimate of drug-likeness (QED) is 0.796. The largest absolute Gasteiger partial charge is 0.396 e. The van der Waals surface area contributed by atoms with Gasteiger partial charge in [0.1, 0.15) is 0 Å². The van der Waals surface area contributed by atoms with Crippen molar-refractivity contribution in [3.8, 4) is 0 Å². The summed E-state index contributed by atoms with van der Waals surface area (Å²) in [6.07, 6.45) is 5.66. The molecule has 0 aliphatic heterocycles. The van der Waals surface area contributed by atoms with E-state index in [0.717, 1.165) is 12.8 Å². The number of rotatable bonds is 5. The lowest BCUT2D eigenvalue weighted by molar-refractivity contribution is 0.276. The average molecular weight is 219 g/mol. The smallest absolute Gasteiger partial charge is 0.0431 e. The first kappa shape index (κ1) is 11.6. The number of hydrogen-bond donors (Lipinski definition) is 2. The molecule has 0 radical (unpaired) electrons. The number of fused-ring (bicyclic) bond motifs is 1. The molecular formula is C14H21NO. The number of nitrogens with one attached hydrogen (secondary N) is 1. The Morgan fingerprint density at radius 1 is 1.31 bits per heavy atom. The van der Waals surface area contributed by atoms with Crippen molar-refractivity contribution in [2.24, 2.45) is 0 Å². The molecule has 1 aromatic rings. The first-order valence-corrected chi connectivity index (χ1v) is 6.25. The van der Waals surface area contributed by atoms with Crippen LogP contribution in [0.1, 0.15) is 42.0 Å². The number of hydrogen-bond acceptors (Lipinski definition) is 2. The zero-order valence-electron chi connectivity index (χ0n) is 10.00. The lowest BCUT2D eigenvalue weighted by Crippen LogP contribution is -2.17.